The molecule has 0 N–H and O–H groups in total. The Hall–Kier alpha value is -0.410. The molecule has 64 valence electrons. The monoisotopic (exact) mass is 226 g/mol. The predicted molar refractivity (Wildman–Crippen MR) is 52.0 cm³/mol. The van der Waals surface area contributed by atoms with Gasteiger partial charge < -0.3 is 4.90 Å². The number of fused-ring (bicyclic) bond motifs is 1. The van der Waals surface area contributed by atoms with Gasteiger partial charge in [0.15, 0.2) is 0 Å². The van der Waals surface area contributed by atoms with Gasteiger partial charge in [-0.3, -0.25) is 4.98 Å². The maximum absolute atomic E-state index is 4.36. The number of likely N-dealkylation sites (N-methyl/N-ethyl adjacent to an activating group) is 1. The van der Waals surface area contributed by atoms with Gasteiger partial charge in [-0.2, -0.15) is 0 Å². The van der Waals surface area contributed by atoms with Crippen LogP contribution in [0.5, 0.6) is 0 Å². The fourth-order valence-electron chi connectivity index (χ4n) is 1.54. The fourth-order valence-corrected chi connectivity index (χ4v) is 2.01. The zero-order valence-electron chi connectivity index (χ0n) is 7.05. The number of rotatable bonds is 0. The van der Waals surface area contributed by atoms with Gasteiger partial charge in [-0.15, -0.1) is 0 Å². The minimum Gasteiger partial charge on any atom is -0.302 e. The topological polar surface area (TPSA) is 16.1 Å². The number of nitrogens with zero attached hydrogens (tertiary/aromatic N) is 2. The summed E-state index contributed by atoms with van der Waals surface area (Å²) in [6.45, 7) is 2.14. The van der Waals surface area contributed by atoms with Crippen LogP contribution in [0.4, 0.5) is 0 Å². The van der Waals surface area contributed by atoms with Crippen molar-refractivity contribution in [1.82, 2.24) is 9.88 Å². The van der Waals surface area contributed by atoms with E-state index in [1.165, 1.54) is 15.7 Å². The van der Waals surface area contributed by atoms with Crippen molar-refractivity contribution in [2.24, 2.45) is 0 Å². The highest BCUT2D eigenvalue weighted by Crippen LogP contribution is 2.23. The van der Waals surface area contributed by atoms with Gasteiger partial charge >= 0.3 is 0 Å². The lowest BCUT2D eigenvalue weighted by molar-refractivity contribution is 0.309. The summed E-state index contributed by atoms with van der Waals surface area (Å²) in [5.74, 6) is 0. The zero-order chi connectivity index (χ0) is 8.55. The molecule has 2 heterocycles. The zero-order valence-corrected chi connectivity index (χ0v) is 8.63. The first kappa shape index (κ1) is 8.20. The lowest BCUT2D eigenvalue weighted by atomic mass is 10.1. The summed E-state index contributed by atoms with van der Waals surface area (Å²) in [4.78, 5) is 6.67. The van der Waals surface area contributed by atoms with Crippen molar-refractivity contribution < 1.29 is 0 Å². The van der Waals surface area contributed by atoms with Crippen LogP contribution in [0.1, 0.15) is 11.3 Å². The number of halogens is 1. The van der Waals surface area contributed by atoms with E-state index in [-0.39, 0.29) is 0 Å². The Morgan fingerprint density at radius 2 is 2.42 bits per heavy atom. The Balaban J connectivity index is 2.43. The van der Waals surface area contributed by atoms with Gasteiger partial charge in [-0.05, 0) is 13.1 Å². The van der Waals surface area contributed by atoms with Gasteiger partial charge in [0, 0.05) is 41.4 Å². The van der Waals surface area contributed by atoms with Crippen molar-refractivity contribution in [1.29, 1.82) is 0 Å². The average molecular weight is 227 g/mol. The Morgan fingerprint density at radius 3 is 3.25 bits per heavy atom. The largest absolute Gasteiger partial charge is 0.302 e. The third-order valence-electron chi connectivity index (χ3n) is 2.25. The summed E-state index contributed by atoms with van der Waals surface area (Å²) < 4.78 is 1.19. The van der Waals surface area contributed by atoms with Crippen LogP contribution >= 0.6 is 15.9 Å². The maximum atomic E-state index is 4.36. The molecule has 3 heteroatoms. The molecular weight excluding hydrogens is 216 g/mol. The lowest BCUT2D eigenvalue weighted by Gasteiger charge is -2.24. The summed E-state index contributed by atoms with van der Waals surface area (Å²) in [5.41, 5.74) is 2.61. The molecule has 0 aliphatic carbocycles. The molecule has 1 aliphatic rings. The van der Waals surface area contributed by atoms with Crippen molar-refractivity contribution in [2.45, 2.75) is 13.0 Å². The summed E-state index contributed by atoms with van der Waals surface area (Å²) in [6, 6.07) is 2.01. The maximum Gasteiger partial charge on any atom is 0.0472 e. The van der Waals surface area contributed by atoms with Crippen LogP contribution in [0.15, 0.2) is 16.7 Å². The Bertz CT molecular complexity index is 299. The standard InChI is InChI=1S/C9H11BrN2/c1-12-5-3-9-7(6-12)8(10)2-4-11-9/h2,4H,3,5-6H2,1H3. The molecule has 12 heavy (non-hydrogen) atoms. The first-order valence-electron chi connectivity index (χ1n) is 4.08. The van der Waals surface area contributed by atoms with Crippen molar-refractivity contribution in [3.8, 4) is 0 Å². The highest BCUT2D eigenvalue weighted by molar-refractivity contribution is 9.10. The molecular formula is C9H11BrN2. The van der Waals surface area contributed by atoms with Gasteiger partial charge in [-0.1, -0.05) is 15.9 Å². The van der Waals surface area contributed by atoms with Crippen LogP contribution < -0.4 is 0 Å². The average Bonchev–Trinajstić information content (AvgIpc) is 2.07. The van der Waals surface area contributed by atoms with Crippen LogP contribution in [0, 0.1) is 0 Å². The second-order valence-electron chi connectivity index (χ2n) is 3.21. The predicted octanol–water partition coefficient (Wildman–Crippen LogP) is 1.83. The van der Waals surface area contributed by atoms with Crippen molar-refractivity contribution in [3.05, 3.63) is 28.0 Å². The molecule has 0 saturated heterocycles. The van der Waals surface area contributed by atoms with Gasteiger partial charge in [0.2, 0.25) is 0 Å². The molecule has 1 aromatic rings. The van der Waals surface area contributed by atoms with E-state index in [0.717, 1.165) is 19.5 Å². The third kappa shape index (κ3) is 1.39. The molecule has 0 saturated carbocycles. The van der Waals surface area contributed by atoms with E-state index in [1.807, 2.05) is 12.3 Å². The van der Waals surface area contributed by atoms with Crippen LogP contribution in [-0.2, 0) is 13.0 Å². The number of aromatic nitrogens is 1. The van der Waals surface area contributed by atoms with E-state index in [0.29, 0.717) is 0 Å². The SMILES string of the molecule is CN1CCc2nccc(Br)c2C1. The number of hydrogen-bond acceptors (Lipinski definition) is 2. The molecule has 2 nitrogen and oxygen atoms in total. The van der Waals surface area contributed by atoms with Gasteiger partial charge in [0.25, 0.3) is 0 Å². The minimum absolute atomic E-state index is 1.02. The van der Waals surface area contributed by atoms with E-state index in [4.69, 9.17) is 0 Å². The van der Waals surface area contributed by atoms with Crippen molar-refractivity contribution in [3.63, 3.8) is 0 Å². The Morgan fingerprint density at radius 1 is 1.58 bits per heavy atom. The number of pyridine rings is 1. The van der Waals surface area contributed by atoms with E-state index in [1.54, 1.807) is 0 Å². The summed E-state index contributed by atoms with van der Waals surface area (Å²) >= 11 is 3.54. The highest BCUT2D eigenvalue weighted by Gasteiger charge is 2.15. The molecule has 1 aromatic heterocycles. The van der Waals surface area contributed by atoms with Crippen molar-refractivity contribution >= 4 is 15.9 Å². The lowest BCUT2D eigenvalue weighted by Crippen LogP contribution is -2.27. The smallest absolute Gasteiger partial charge is 0.0472 e. The quantitative estimate of drug-likeness (QED) is 0.672. The van der Waals surface area contributed by atoms with Crippen LogP contribution in [0.25, 0.3) is 0 Å². The Labute approximate surface area is 80.7 Å². The second-order valence-corrected chi connectivity index (χ2v) is 4.06. The first-order valence-corrected chi connectivity index (χ1v) is 4.87. The molecule has 0 radical (unpaired) electrons. The minimum atomic E-state index is 1.02. The second kappa shape index (κ2) is 3.15. The van der Waals surface area contributed by atoms with E-state index < -0.39 is 0 Å². The fraction of sp³-hybridized carbons (Fsp3) is 0.444. The van der Waals surface area contributed by atoms with Gasteiger partial charge in [0.05, 0.1) is 0 Å². The molecule has 0 amide bonds. The van der Waals surface area contributed by atoms with Crippen LogP contribution in [0.2, 0.25) is 0 Å². The molecule has 0 spiro atoms. The number of hydrogen-bond donors (Lipinski definition) is 0. The molecule has 0 bridgehead atoms. The van der Waals surface area contributed by atoms with Gasteiger partial charge in [-0.25, -0.2) is 0 Å². The molecule has 1 aliphatic heterocycles. The molecule has 0 atom stereocenters. The Kier molecular flexibility index (Phi) is 2.15. The van der Waals surface area contributed by atoms with Crippen LogP contribution in [-0.4, -0.2) is 23.5 Å². The molecule has 0 unspecified atom stereocenters. The highest BCUT2D eigenvalue weighted by atomic mass is 79.9. The van der Waals surface area contributed by atoms with E-state index in [2.05, 4.69) is 32.9 Å². The van der Waals surface area contributed by atoms with E-state index in [9.17, 15) is 0 Å². The summed E-state index contributed by atoms with van der Waals surface area (Å²) in [6.07, 6.45) is 2.94. The summed E-state index contributed by atoms with van der Waals surface area (Å²) in [7, 11) is 2.14. The summed E-state index contributed by atoms with van der Waals surface area (Å²) in [5, 5.41) is 0. The van der Waals surface area contributed by atoms with Crippen LogP contribution in [0.3, 0.4) is 0 Å². The van der Waals surface area contributed by atoms with Crippen molar-refractivity contribution in [2.75, 3.05) is 13.6 Å². The normalized spacial score (nSPS) is 17.5. The molecule has 2 rings (SSSR count). The van der Waals surface area contributed by atoms with E-state index >= 15 is 0 Å². The third-order valence-corrected chi connectivity index (χ3v) is 2.99. The first-order chi connectivity index (χ1) is 5.77. The van der Waals surface area contributed by atoms with Gasteiger partial charge in [0.1, 0.15) is 0 Å². The molecule has 0 aromatic carbocycles. The molecule has 0 fully saturated rings.